The number of hydrogen-bond donors (Lipinski definition) is 1. The maximum atomic E-state index is 13.3. The number of fused-ring (bicyclic) bond motifs is 4. The lowest BCUT2D eigenvalue weighted by Gasteiger charge is -2.47. The summed E-state index contributed by atoms with van der Waals surface area (Å²) < 4.78 is 0. The Morgan fingerprint density at radius 2 is 1.97 bits per heavy atom. The van der Waals surface area contributed by atoms with Crippen LogP contribution >= 0.6 is 11.6 Å². The average Bonchev–Trinajstić information content (AvgIpc) is 3.09. The van der Waals surface area contributed by atoms with Crippen molar-refractivity contribution < 1.29 is 9.59 Å². The summed E-state index contributed by atoms with van der Waals surface area (Å²) >= 11 is 6.29. The first-order chi connectivity index (χ1) is 14.1. The normalized spacial score (nSPS) is 21.4. The molecule has 3 aromatic rings. The number of piperazine rings is 1. The van der Waals surface area contributed by atoms with Gasteiger partial charge in [0.1, 0.15) is 6.04 Å². The minimum absolute atomic E-state index is 0.0164. The number of halogens is 1. The van der Waals surface area contributed by atoms with Gasteiger partial charge in [0, 0.05) is 34.6 Å². The van der Waals surface area contributed by atoms with Crippen LogP contribution in [-0.4, -0.2) is 45.7 Å². The van der Waals surface area contributed by atoms with Crippen molar-refractivity contribution in [3.63, 3.8) is 0 Å². The van der Waals surface area contributed by atoms with Crippen LogP contribution in [-0.2, 0) is 16.0 Å². The van der Waals surface area contributed by atoms with Crippen molar-refractivity contribution in [2.75, 3.05) is 13.1 Å². The van der Waals surface area contributed by atoms with Crippen LogP contribution < -0.4 is 0 Å². The van der Waals surface area contributed by atoms with E-state index >= 15 is 0 Å². The number of carbonyl (C=O) groups is 2. The lowest BCUT2D eigenvalue weighted by molar-refractivity contribution is -0.158. The van der Waals surface area contributed by atoms with Crippen molar-refractivity contribution in [3.05, 3.63) is 70.4 Å². The van der Waals surface area contributed by atoms with E-state index in [0.717, 1.165) is 34.1 Å². The van der Waals surface area contributed by atoms with E-state index < -0.39 is 6.04 Å². The van der Waals surface area contributed by atoms with Gasteiger partial charge in [-0.3, -0.25) is 9.59 Å². The smallest absolute Gasteiger partial charge is 0.246 e. The van der Waals surface area contributed by atoms with Crippen LogP contribution in [0.4, 0.5) is 0 Å². The molecule has 148 valence electrons. The molecule has 0 aliphatic carbocycles. The molecule has 29 heavy (non-hydrogen) atoms. The van der Waals surface area contributed by atoms with Crippen molar-refractivity contribution in [1.82, 2.24) is 14.8 Å². The molecule has 0 saturated carbocycles. The van der Waals surface area contributed by atoms with Gasteiger partial charge < -0.3 is 14.8 Å². The van der Waals surface area contributed by atoms with Crippen LogP contribution in [0.2, 0.25) is 5.02 Å². The minimum atomic E-state index is -0.488. The van der Waals surface area contributed by atoms with Crippen LogP contribution in [0.1, 0.15) is 36.2 Å². The summed E-state index contributed by atoms with van der Waals surface area (Å²) in [5.41, 5.74) is 4.04. The molecule has 0 bridgehead atoms. The number of amides is 2. The number of H-pyrrole nitrogens is 1. The summed E-state index contributed by atoms with van der Waals surface area (Å²) in [6.07, 6.45) is 1.36. The Kier molecular flexibility index (Phi) is 4.36. The maximum Gasteiger partial charge on any atom is 0.246 e. The molecule has 1 aromatic heterocycles. The molecule has 0 radical (unpaired) electrons. The molecule has 6 heteroatoms. The van der Waals surface area contributed by atoms with Gasteiger partial charge in [0.15, 0.2) is 0 Å². The number of aromatic nitrogens is 1. The highest BCUT2D eigenvalue weighted by atomic mass is 35.5. The Bertz CT molecular complexity index is 1120. The lowest BCUT2D eigenvalue weighted by atomic mass is 9.86. The molecule has 0 spiro atoms. The zero-order valence-electron chi connectivity index (χ0n) is 16.2. The minimum Gasteiger partial charge on any atom is -0.356 e. The van der Waals surface area contributed by atoms with Crippen LogP contribution in [0.3, 0.4) is 0 Å². The standard InChI is InChI=1S/C23H22ClN3O2/c1-2-10-26-13-20(28)27-19(23(26)29)12-17-16-8-3-4-9-18(16)25-21(17)22(27)14-6-5-7-15(24)11-14/h3-9,11,19,22,25H,2,10,12-13H2,1H3. The van der Waals surface area contributed by atoms with Crippen LogP contribution in [0.5, 0.6) is 0 Å². The Morgan fingerprint density at radius 3 is 2.76 bits per heavy atom. The number of nitrogens with one attached hydrogen (secondary N) is 1. The zero-order valence-corrected chi connectivity index (χ0v) is 16.9. The Hall–Kier alpha value is -2.79. The second kappa shape index (κ2) is 6.92. The third kappa shape index (κ3) is 2.84. The molecular weight excluding hydrogens is 386 g/mol. The van der Waals surface area contributed by atoms with Crippen LogP contribution in [0, 0.1) is 0 Å². The SMILES string of the molecule is CCCN1CC(=O)N2C(Cc3c([nH]c4ccccc34)C2c2cccc(Cl)c2)C1=O. The van der Waals surface area contributed by atoms with Gasteiger partial charge in [-0.2, -0.15) is 0 Å². The van der Waals surface area contributed by atoms with E-state index in [-0.39, 0.29) is 24.4 Å². The van der Waals surface area contributed by atoms with Crippen LogP contribution in [0.15, 0.2) is 48.5 Å². The molecule has 1 fully saturated rings. The number of hydrogen-bond acceptors (Lipinski definition) is 2. The van der Waals surface area contributed by atoms with Gasteiger partial charge in [-0.15, -0.1) is 0 Å². The topological polar surface area (TPSA) is 56.4 Å². The van der Waals surface area contributed by atoms with Crippen molar-refractivity contribution in [2.45, 2.75) is 31.8 Å². The van der Waals surface area contributed by atoms with Crippen LogP contribution in [0.25, 0.3) is 10.9 Å². The van der Waals surface area contributed by atoms with Gasteiger partial charge in [-0.1, -0.05) is 48.9 Å². The zero-order chi connectivity index (χ0) is 20.1. The van der Waals surface area contributed by atoms with Crippen molar-refractivity contribution in [3.8, 4) is 0 Å². The number of carbonyl (C=O) groups excluding carboxylic acids is 2. The van der Waals surface area contributed by atoms with Crippen molar-refractivity contribution >= 4 is 34.3 Å². The van der Waals surface area contributed by atoms with E-state index in [1.54, 1.807) is 9.80 Å². The highest BCUT2D eigenvalue weighted by molar-refractivity contribution is 6.30. The number of rotatable bonds is 3. The molecule has 2 aromatic carbocycles. The average molecular weight is 408 g/mol. The number of aromatic amines is 1. The highest BCUT2D eigenvalue weighted by Gasteiger charge is 2.47. The number of para-hydroxylation sites is 1. The first kappa shape index (κ1) is 18.3. The van der Waals surface area contributed by atoms with Gasteiger partial charge in [0.2, 0.25) is 11.8 Å². The molecule has 2 unspecified atom stereocenters. The van der Waals surface area contributed by atoms with Gasteiger partial charge in [-0.05, 0) is 35.7 Å². The molecule has 2 amide bonds. The van der Waals surface area contributed by atoms with E-state index in [9.17, 15) is 9.59 Å². The summed E-state index contributed by atoms with van der Waals surface area (Å²) in [6.45, 7) is 2.77. The Morgan fingerprint density at radius 1 is 1.14 bits per heavy atom. The predicted octanol–water partition coefficient (Wildman–Crippen LogP) is 3.92. The predicted molar refractivity (Wildman–Crippen MR) is 113 cm³/mol. The summed E-state index contributed by atoms with van der Waals surface area (Å²) in [5, 5.41) is 1.73. The van der Waals surface area contributed by atoms with E-state index in [2.05, 4.69) is 11.1 Å². The van der Waals surface area contributed by atoms with Gasteiger partial charge in [0.25, 0.3) is 0 Å². The van der Waals surface area contributed by atoms with Crippen molar-refractivity contribution in [2.24, 2.45) is 0 Å². The van der Waals surface area contributed by atoms with Crippen molar-refractivity contribution in [1.29, 1.82) is 0 Å². The molecule has 2 aliphatic rings. The molecule has 5 nitrogen and oxygen atoms in total. The van der Waals surface area contributed by atoms with E-state index in [1.807, 2.05) is 49.4 Å². The molecule has 2 atom stereocenters. The number of nitrogens with zero attached hydrogens (tertiary/aromatic N) is 2. The van der Waals surface area contributed by atoms with E-state index in [0.29, 0.717) is 18.0 Å². The van der Waals surface area contributed by atoms with E-state index in [1.165, 1.54) is 0 Å². The molecule has 3 heterocycles. The number of benzene rings is 2. The first-order valence-electron chi connectivity index (χ1n) is 10.0. The Labute approximate surface area is 174 Å². The first-order valence-corrected chi connectivity index (χ1v) is 10.4. The second-order valence-corrected chi connectivity index (χ2v) is 8.24. The summed E-state index contributed by atoms with van der Waals surface area (Å²) in [5.74, 6) is 0.0201. The largest absolute Gasteiger partial charge is 0.356 e. The second-order valence-electron chi connectivity index (χ2n) is 7.80. The molecular formula is C23H22ClN3O2. The highest BCUT2D eigenvalue weighted by Crippen LogP contribution is 2.42. The third-order valence-electron chi connectivity index (χ3n) is 6.00. The molecule has 1 saturated heterocycles. The quantitative estimate of drug-likeness (QED) is 0.715. The molecule has 2 aliphatic heterocycles. The van der Waals surface area contributed by atoms with Gasteiger partial charge in [-0.25, -0.2) is 0 Å². The maximum absolute atomic E-state index is 13.3. The summed E-state index contributed by atoms with van der Waals surface area (Å²) in [4.78, 5) is 33.6. The fourth-order valence-electron chi connectivity index (χ4n) is 4.81. The fourth-order valence-corrected chi connectivity index (χ4v) is 5.00. The molecule has 1 N–H and O–H groups in total. The third-order valence-corrected chi connectivity index (χ3v) is 6.24. The fraction of sp³-hybridized carbons (Fsp3) is 0.304. The monoisotopic (exact) mass is 407 g/mol. The molecule has 5 rings (SSSR count). The Balaban J connectivity index is 1.72. The summed E-state index contributed by atoms with van der Waals surface area (Å²) in [7, 11) is 0. The lowest BCUT2D eigenvalue weighted by Crippen LogP contribution is -2.63. The summed E-state index contributed by atoms with van der Waals surface area (Å²) in [6, 6.07) is 14.9. The van der Waals surface area contributed by atoms with Gasteiger partial charge in [0.05, 0.1) is 12.6 Å². The van der Waals surface area contributed by atoms with Gasteiger partial charge >= 0.3 is 0 Å². The van der Waals surface area contributed by atoms with E-state index in [4.69, 9.17) is 11.6 Å².